The maximum Gasteiger partial charge on any atom is 0.0795 e. The Bertz CT molecular complexity index is 515. The van der Waals surface area contributed by atoms with Crippen LogP contribution in [0.3, 0.4) is 0 Å². The number of benzene rings is 1. The van der Waals surface area contributed by atoms with Gasteiger partial charge in [0.2, 0.25) is 0 Å². The SMILES string of the molecule is c1ccc(CCCO[C@H]2CCN(Cc3cscn3)C2)cc1. The predicted molar refractivity (Wildman–Crippen MR) is 86.5 cm³/mol. The zero-order valence-electron chi connectivity index (χ0n) is 12.3. The van der Waals surface area contributed by atoms with Crippen LogP contribution in [0.1, 0.15) is 24.1 Å². The third kappa shape index (κ3) is 4.63. The first-order valence-corrected chi connectivity index (χ1v) is 8.59. The molecule has 1 aliphatic heterocycles. The van der Waals surface area contributed by atoms with Gasteiger partial charge in [-0.15, -0.1) is 11.3 Å². The highest BCUT2D eigenvalue weighted by Crippen LogP contribution is 2.16. The number of aryl methyl sites for hydroxylation is 1. The van der Waals surface area contributed by atoms with E-state index in [-0.39, 0.29) is 0 Å². The number of likely N-dealkylation sites (tertiary alicyclic amines) is 1. The van der Waals surface area contributed by atoms with Crippen LogP contribution in [0.2, 0.25) is 0 Å². The molecule has 0 spiro atoms. The van der Waals surface area contributed by atoms with E-state index in [4.69, 9.17) is 4.74 Å². The lowest BCUT2D eigenvalue weighted by Crippen LogP contribution is -2.23. The van der Waals surface area contributed by atoms with Crippen molar-refractivity contribution in [2.24, 2.45) is 0 Å². The van der Waals surface area contributed by atoms with E-state index < -0.39 is 0 Å². The lowest BCUT2D eigenvalue weighted by atomic mass is 10.1. The minimum absolute atomic E-state index is 0.402. The molecule has 1 fully saturated rings. The molecule has 2 aromatic rings. The summed E-state index contributed by atoms with van der Waals surface area (Å²) in [6.07, 6.45) is 3.76. The average molecular weight is 302 g/mol. The van der Waals surface area contributed by atoms with E-state index in [0.717, 1.165) is 45.5 Å². The van der Waals surface area contributed by atoms with Crippen molar-refractivity contribution in [1.82, 2.24) is 9.88 Å². The summed E-state index contributed by atoms with van der Waals surface area (Å²) in [5, 5.41) is 2.13. The van der Waals surface area contributed by atoms with E-state index in [9.17, 15) is 0 Å². The van der Waals surface area contributed by atoms with Crippen molar-refractivity contribution >= 4 is 11.3 Å². The minimum atomic E-state index is 0.402. The first-order valence-electron chi connectivity index (χ1n) is 7.65. The van der Waals surface area contributed by atoms with Gasteiger partial charge in [0, 0.05) is 31.6 Å². The van der Waals surface area contributed by atoms with Gasteiger partial charge < -0.3 is 4.74 Å². The van der Waals surface area contributed by atoms with Gasteiger partial charge in [-0.1, -0.05) is 30.3 Å². The molecule has 1 aromatic heterocycles. The number of rotatable bonds is 7. The van der Waals surface area contributed by atoms with Crippen LogP contribution in [0.4, 0.5) is 0 Å². The largest absolute Gasteiger partial charge is 0.377 e. The lowest BCUT2D eigenvalue weighted by Gasteiger charge is -2.15. The fourth-order valence-corrected chi connectivity index (χ4v) is 3.34. The zero-order valence-corrected chi connectivity index (χ0v) is 13.1. The Labute approximate surface area is 130 Å². The van der Waals surface area contributed by atoms with Crippen LogP contribution < -0.4 is 0 Å². The molecule has 112 valence electrons. The van der Waals surface area contributed by atoms with Crippen molar-refractivity contribution in [2.45, 2.75) is 31.9 Å². The summed E-state index contributed by atoms with van der Waals surface area (Å²) in [5.41, 5.74) is 4.49. The molecule has 1 aromatic carbocycles. The molecule has 3 nitrogen and oxygen atoms in total. The van der Waals surface area contributed by atoms with E-state index in [1.54, 1.807) is 11.3 Å². The number of hydrogen-bond donors (Lipinski definition) is 0. The number of aromatic nitrogens is 1. The first kappa shape index (κ1) is 14.7. The van der Waals surface area contributed by atoms with Gasteiger partial charge in [-0.25, -0.2) is 4.98 Å². The highest BCUT2D eigenvalue weighted by Gasteiger charge is 2.23. The summed E-state index contributed by atoms with van der Waals surface area (Å²) < 4.78 is 6.01. The van der Waals surface area contributed by atoms with Crippen molar-refractivity contribution in [3.05, 3.63) is 52.5 Å². The summed E-state index contributed by atoms with van der Waals surface area (Å²) in [7, 11) is 0. The Balaban J connectivity index is 1.32. The molecule has 2 heterocycles. The smallest absolute Gasteiger partial charge is 0.0795 e. The van der Waals surface area contributed by atoms with Gasteiger partial charge in [0.1, 0.15) is 0 Å². The highest BCUT2D eigenvalue weighted by molar-refractivity contribution is 7.07. The van der Waals surface area contributed by atoms with E-state index >= 15 is 0 Å². The van der Waals surface area contributed by atoms with Gasteiger partial charge >= 0.3 is 0 Å². The molecule has 0 N–H and O–H groups in total. The number of hydrogen-bond acceptors (Lipinski definition) is 4. The molecule has 0 bridgehead atoms. The second kappa shape index (κ2) is 7.69. The molecule has 1 aliphatic rings. The predicted octanol–water partition coefficient (Wildman–Crippen LogP) is 3.37. The van der Waals surface area contributed by atoms with Crippen LogP contribution in [0.15, 0.2) is 41.2 Å². The van der Waals surface area contributed by atoms with Crippen LogP contribution in [0.25, 0.3) is 0 Å². The Kier molecular flexibility index (Phi) is 5.38. The van der Waals surface area contributed by atoms with Crippen LogP contribution >= 0.6 is 11.3 Å². The lowest BCUT2D eigenvalue weighted by molar-refractivity contribution is 0.0570. The van der Waals surface area contributed by atoms with Crippen molar-refractivity contribution in [3.63, 3.8) is 0 Å². The van der Waals surface area contributed by atoms with Crippen molar-refractivity contribution in [2.75, 3.05) is 19.7 Å². The average Bonchev–Trinajstić information content (AvgIpc) is 3.17. The Morgan fingerprint density at radius 3 is 3.00 bits per heavy atom. The molecule has 1 atom stereocenters. The minimum Gasteiger partial charge on any atom is -0.377 e. The molecular formula is C17H22N2OS. The number of nitrogens with zero attached hydrogens (tertiary/aromatic N) is 2. The summed E-state index contributed by atoms with van der Waals surface area (Å²) in [6.45, 7) is 4.00. The van der Waals surface area contributed by atoms with Gasteiger partial charge in [-0.05, 0) is 24.8 Å². The summed E-state index contributed by atoms with van der Waals surface area (Å²) >= 11 is 1.67. The molecular weight excluding hydrogens is 280 g/mol. The molecule has 0 radical (unpaired) electrons. The molecule has 0 unspecified atom stereocenters. The van der Waals surface area contributed by atoms with Crippen LogP contribution in [0, 0.1) is 0 Å². The standard InChI is InChI=1S/C17H22N2OS/c1-2-5-15(6-3-1)7-4-10-20-17-8-9-19(12-17)11-16-13-21-14-18-16/h1-3,5-6,13-14,17H,4,7-12H2/t17-/m0/s1. The highest BCUT2D eigenvalue weighted by atomic mass is 32.1. The molecule has 21 heavy (non-hydrogen) atoms. The monoisotopic (exact) mass is 302 g/mol. The van der Waals surface area contributed by atoms with Gasteiger partial charge in [-0.2, -0.15) is 0 Å². The molecule has 0 saturated carbocycles. The van der Waals surface area contributed by atoms with Crippen molar-refractivity contribution in [1.29, 1.82) is 0 Å². The van der Waals surface area contributed by atoms with E-state index in [2.05, 4.69) is 45.6 Å². The van der Waals surface area contributed by atoms with E-state index in [0.29, 0.717) is 6.10 Å². The number of ether oxygens (including phenoxy) is 1. The molecule has 4 heteroatoms. The topological polar surface area (TPSA) is 25.4 Å². The second-order valence-corrected chi connectivity index (χ2v) is 6.30. The van der Waals surface area contributed by atoms with Gasteiger partial charge in [-0.3, -0.25) is 4.90 Å². The normalized spacial score (nSPS) is 19.1. The van der Waals surface area contributed by atoms with Gasteiger partial charge in [0.15, 0.2) is 0 Å². The molecule has 0 aliphatic carbocycles. The van der Waals surface area contributed by atoms with Crippen LogP contribution in [-0.4, -0.2) is 35.7 Å². The van der Waals surface area contributed by atoms with E-state index in [1.807, 2.05) is 5.51 Å². The van der Waals surface area contributed by atoms with E-state index in [1.165, 1.54) is 11.3 Å². The zero-order chi connectivity index (χ0) is 14.3. The summed E-state index contributed by atoms with van der Waals surface area (Å²) in [5.74, 6) is 0. The van der Waals surface area contributed by atoms with Crippen molar-refractivity contribution in [3.8, 4) is 0 Å². The fraction of sp³-hybridized carbons (Fsp3) is 0.471. The quantitative estimate of drug-likeness (QED) is 0.733. The molecule has 3 rings (SSSR count). The Morgan fingerprint density at radius 2 is 2.19 bits per heavy atom. The number of thiazole rings is 1. The molecule has 1 saturated heterocycles. The molecule has 0 amide bonds. The Morgan fingerprint density at radius 1 is 1.29 bits per heavy atom. The third-order valence-corrected chi connectivity index (χ3v) is 4.54. The maximum absolute atomic E-state index is 6.01. The summed E-state index contributed by atoms with van der Waals surface area (Å²) in [6, 6.07) is 10.6. The van der Waals surface area contributed by atoms with Gasteiger partial charge in [0.05, 0.1) is 17.3 Å². The summed E-state index contributed by atoms with van der Waals surface area (Å²) in [4.78, 5) is 6.79. The second-order valence-electron chi connectivity index (χ2n) is 5.59. The van der Waals surface area contributed by atoms with Crippen molar-refractivity contribution < 1.29 is 4.74 Å². The first-order chi connectivity index (χ1) is 10.4. The maximum atomic E-state index is 6.01. The van der Waals surface area contributed by atoms with Gasteiger partial charge in [0.25, 0.3) is 0 Å². The fourth-order valence-electron chi connectivity index (χ4n) is 2.79. The third-order valence-electron chi connectivity index (χ3n) is 3.90. The van der Waals surface area contributed by atoms with Crippen LogP contribution in [0.5, 0.6) is 0 Å². The Hall–Kier alpha value is -1.23. The van der Waals surface area contributed by atoms with Crippen LogP contribution in [-0.2, 0) is 17.7 Å².